The molecule has 3 N–H and O–H groups in total. The van der Waals surface area contributed by atoms with Crippen LogP contribution in [0.4, 0.5) is 29.6 Å². The van der Waals surface area contributed by atoms with Gasteiger partial charge in [0.1, 0.15) is 11.6 Å². The summed E-state index contributed by atoms with van der Waals surface area (Å²) in [5.41, 5.74) is 0.149. The molecule has 3 heterocycles. The van der Waals surface area contributed by atoms with Crippen molar-refractivity contribution in [2.75, 3.05) is 36.4 Å². The molecule has 7 nitrogen and oxygen atoms in total. The maximum atomic E-state index is 12.7. The summed E-state index contributed by atoms with van der Waals surface area (Å²) in [6, 6.07) is 14.0. The molecule has 0 bridgehead atoms. The fourth-order valence-corrected chi connectivity index (χ4v) is 3.76. The lowest BCUT2D eigenvalue weighted by Crippen LogP contribution is -2.48. The van der Waals surface area contributed by atoms with Gasteiger partial charge in [0.25, 0.3) is 0 Å². The molecule has 1 aromatic carbocycles. The number of carbonyl (C=O) groups is 1. The highest BCUT2D eigenvalue weighted by Gasteiger charge is 2.31. The van der Waals surface area contributed by atoms with E-state index in [4.69, 9.17) is 0 Å². The predicted octanol–water partition coefficient (Wildman–Crippen LogP) is 4.03. The lowest BCUT2D eigenvalue weighted by atomic mass is 10.1. The molecule has 1 saturated heterocycles. The fourth-order valence-electron chi connectivity index (χ4n) is 3.76. The zero-order chi connectivity index (χ0) is 23.3. The van der Waals surface area contributed by atoms with Gasteiger partial charge in [0.15, 0.2) is 0 Å². The summed E-state index contributed by atoms with van der Waals surface area (Å²) < 4.78 is 38.0. The van der Waals surface area contributed by atoms with Gasteiger partial charge in [-0.15, -0.1) is 0 Å². The minimum atomic E-state index is -4.39. The van der Waals surface area contributed by atoms with E-state index in [1.807, 2.05) is 41.3 Å². The van der Waals surface area contributed by atoms with Gasteiger partial charge in [-0.05, 0) is 43.2 Å². The number of rotatable bonds is 6. The van der Waals surface area contributed by atoms with E-state index in [0.29, 0.717) is 44.8 Å². The second kappa shape index (κ2) is 9.93. The van der Waals surface area contributed by atoms with Crippen LogP contribution in [0.5, 0.6) is 0 Å². The molecule has 0 radical (unpaired) electrons. The number of hydrogen-bond donors (Lipinski definition) is 3. The number of nitrogens with zero attached hydrogens (tertiary/aromatic N) is 3. The molecule has 10 heteroatoms. The molecule has 0 unspecified atom stereocenters. The first kappa shape index (κ1) is 22.6. The Hall–Kier alpha value is -3.56. The van der Waals surface area contributed by atoms with Crippen LogP contribution in [0.1, 0.15) is 18.4 Å². The van der Waals surface area contributed by atoms with Gasteiger partial charge in [-0.1, -0.05) is 18.2 Å². The third kappa shape index (κ3) is 6.03. The van der Waals surface area contributed by atoms with Crippen LogP contribution < -0.4 is 20.9 Å². The average molecular weight is 458 g/mol. The molecule has 1 aliphatic heterocycles. The van der Waals surface area contributed by atoms with Gasteiger partial charge in [0.2, 0.25) is 0 Å². The molecule has 3 aromatic rings. The molecule has 0 saturated carbocycles. The highest BCUT2D eigenvalue weighted by Crippen LogP contribution is 2.29. The topological polar surface area (TPSA) is 82.2 Å². The number of nitrogens with one attached hydrogen (secondary N) is 3. The molecular formula is C23H25F3N6O. The van der Waals surface area contributed by atoms with Gasteiger partial charge < -0.3 is 20.9 Å². The molecule has 2 aromatic heterocycles. The Morgan fingerprint density at radius 1 is 1.03 bits per heavy atom. The standard InChI is InChI=1S/C23H25F3N6O/c24-23(25,26)17-6-8-21(29-15-17)32-13-9-18(10-14-32)30-22(33)28-12-11-27-20-7-5-16-3-1-2-4-19(16)31-20/h1-8,15,18H,9-14H2,(H,27,31)(H2,28,30,33). The van der Waals surface area contributed by atoms with E-state index >= 15 is 0 Å². The first-order valence-electron chi connectivity index (χ1n) is 10.8. The van der Waals surface area contributed by atoms with Gasteiger partial charge in [-0.2, -0.15) is 13.2 Å². The zero-order valence-corrected chi connectivity index (χ0v) is 17.9. The quantitative estimate of drug-likeness (QED) is 0.486. The van der Waals surface area contributed by atoms with E-state index < -0.39 is 11.7 Å². The van der Waals surface area contributed by atoms with E-state index in [-0.39, 0.29) is 12.1 Å². The van der Waals surface area contributed by atoms with E-state index in [1.54, 1.807) is 0 Å². The Balaban J connectivity index is 1.15. The predicted molar refractivity (Wildman–Crippen MR) is 121 cm³/mol. The van der Waals surface area contributed by atoms with E-state index in [1.165, 1.54) is 6.07 Å². The SMILES string of the molecule is O=C(NCCNc1ccc2ccccc2n1)NC1CCN(c2ccc(C(F)(F)F)cn2)CC1. The molecule has 0 atom stereocenters. The first-order chi connectivity index (χ1) is 15.9. The van der Waals surface area contributed by atoms with Crippen molar-refractivity contribution in [2.45, 2.75) is 25.1 Å². The Kier molecular flexibility index (Phi) is 6.81. The number of urea groups is 1. The third-order valence-electron chi connectivity index (χ3n) is 5.54. The molecule has 0 spiro atoms. The van der Waals surface area contributed by atoms with Gasteiger partial charge in [-0.25, -0.2) is 14.8 Å². The van der Waals surface area contributed by atoms with Crippen LogP contribution >= 0.6 is 0 Å². The Labute approximate surface area is 189 Å². The lowest BCUT2D eigenvalue weighted by Gasteiger charge is -2.33. The van der Waals surface area contributed by atoms with Gasteiger partial charge in [0.05, 0.1) is 11.1 Å². The molecule has 1 aliphatic rings. The van der Waals surface area contributed by atoms with Crippen molar-refractivity contribution in [2.24, 2.45) is 0 Å². The van der Waals surface area contributed by atoms with Crippen LogP contribution in [0.15, 0.2) is 54.7 Å². The smallest absolute Gasteiger partial charge is 0.368 e. The Morgan fingerprint density at radius 3 is 2.55 bits per heavy atom. The van der Waals surface area contributed by atoms with Crippen LogP contribution in [0.2, 0.25) is 0 Å². The number of halogens is 3. The fraction of sp³-hybridized carbons (Fsp3) is 0.348. The minimum absolute atomic E-state index is 0.00538. The minimum Gasteiger partial charge on any atom is -0.368 e. The third-order valence-corrected chi connectivity index (χ3v) is 5.54. The number of hydrogen-bond acceptors (Lipinski definition) is 5. The first-order valence-corrected chi connectivity index (χ1v) is 10.8. The highest BCUT2D eigenvalue weighted by atomic mass is 19.4. The summed E-state index contributed by atoms with van der Waals surface area (Å²) in [6.45, 7) is 2.20. The lowest BCUT2D eigenvalue weighted by molar-refractivity contribution is -0.137. The molecule has 33 heavy (non-hydrogen) atoms. The van der Waals surface area contributed by atoms with Gasteiger partial charge >= 0.3 is 12.2 Å². The van der Waals surface area contributed by atoms with Crippen LogP contribution in [0.3, 0.4) is 0 Å². The summed E-state index contributed by atoms with van der Waals surface area (Å²) in [6.07, 6.45) is -2.16. The second-order valence-electron chi connectivity index (χ2n) is 7.88. The number of carbonyl (C=O) groups excluding carboxylic acids is 1. The normalized spacial score (nSPS) is 14.8. The number of fused-ring (bicyclic) bond motifs is 1. The van der Waals surface area contributed by atoms with Crippen LogP contribution in [-0.4, -0.2) is 48.2 Å². The maximum Gasteiger partial charge on any atom is 0.417 e. The van der Waals surface area contributed by atoms with Crippen molar-refractivity contribution in [1.82, 2.24) is 20.6 Å². The van der Waals surface area contributed by atoms with Gasteiger partial charge in [0, 0.05) is 43.8 Å². The van der Waals surface area contributed by atoms with Crippen LogP contribution in [0.25, 0.3) is 10.9 Å². The molecule has 174 valence electrons. The molecule has 2 amide bonds. The summed E-state index contributed by atoms with van der Waals surface area (Å²) >= 11 is 0. The molecular weight excluding hydrogens is 433 g/mol. The summed E-state index contributed by atoms with van der Waals surface area (Å²) in [4.78, 5) is 22.6. The van der Waals surface area contributed by atoms with Crippen molar-refractivity contribution in [3.05, 3.63) is 60.3 Å². The van der Waals surface area contributed by atoms with Crippen LogP contribution in [-0.2, 0) is 6.18 Å². The van der Waals surface area contributed by atoms with Crippen molar-refractivity contribution in [1.29, 1.82) is 0 Å². The van der Waals surface area contributed by atoms with E-state index in [0.717, 1.165) is 29.0 Å². The molecule has 1 fully saturated rings. The monoisotopic (exact) mass is 458 g/mol. The van der Waals surface area contributed by atoms with Crippen molar-refractivity contribution < 1.29 is 18.0 Å². The van der Waals surface area contributed by atoms with E-state index in [2.05, 4.69) is 25.9 Å². The molecule has 4 rings (SSSR count). The second-order valence-corrected chi connectivity index (χ2v) is 7.88. The number of aromatic nitrogens is 2. The number of alkyl halides is 3. The summed E-state index contributed by atoms with van der Waals surface area (Å²) in [5, 5.41) is 10.0. The van der Waals surface area contributed by atoms with Gasteiger partial charge in [-0.3, -0.25) is 0 Å². The summed E-state index contributed by atoms with van der Waals surface area (Å²) in [5.74, 6) is 1.26. The van der Waals surface area contributed by atoms with Crippen molar-refractivity contribution in [3.8, 4) is 0 Å². The summed E-state index contributed by atoms with van der Waals surface area (Å²) in [7, 11) is 0. The van der Waals surface area contributed by atoms with Crippen molar-refractivity contribution >= 4 is 28.6 Å². The number of benzene rings is 1. The Bertz CT molecular complexity index is 1080. The van der Waals surface area contributed by atoms with Crippen LogP contribution in [0, 0.1) is 0 Å². The van der Waals surface area contributed by atoms with E-state index in [9.17, 15) is 18.0 Å². The number of anilines is 2. The van der Waals surface area contributed by atoms with Crippen molar-refractivity contribution in [3.63, 3.8) is 0 Å². The Morgan fingerprint density at radius 2 is 1.82 bits per heavy atom. The zero-order valence-electron chi connectivity index (χ0n) is 17.9. The average Bonchev–Trinajstić information content (AvgIpc) is 2.82. The maximum absolute atomic E-state index is 12.7. The molecule has 0 aliphatic carbocycles. The number of amides is 2. The number of pyridine rings is 2. The highest BCUT2D eigenvalue weighted by molar-refractivity contribution is 5.80. The number of para-hydroxylation sites is 1. The number of piperidine rings is 1. The largest absolute Gasteiger partial charge is 0.417 e.